The van der Waals surface area contributed by atoms with Gasteiger partial charge < -0.3 is 9.64 Å². The number of carbonyl (C=O) groups excluding carboxylic acids is 2. The van der Waals surface area contributed by atoms with Crippen LogP contribution in [0.1, 0.15) is 61.0 Å². The number of ether oxygens (including phenoxy) is 1. The zero-order chi connectivity index (χ0) is 16.9. The molecular weight excluding hydrogens is 322 g/mol. The Labute approximate surface area is 148 Å². The van der Waals surface area contributed by atoms with Gasteiger partial charge in [-0.2, -0.15) is 0 Å². The van der Waals surface area contributed by atoms with Gasteiger partial charge in [-0.1, -0.05) is 12.5 Å². The number of rotatable bonds is 6. The first kappa shape index (κ1) is 17.6. The van der Waals surface area contributed by atoms with Crippen LogP contribution in [0, 0.1) is 5.92 Å². The van der Waals surface area contributed by atoms with Gasteiger partial charge in [0.2, 0.25) is 5.91 Å². The van der Waals surface area contributed by atoms with E-state index in [-0.39, 0.29) is 17.7 Å². The molecule has 2 aliphatic rings. The van der Waals surface area contributed by atoms with Gasteiger partial charge in [-0.3, -0.25) is 9.59 Å². The first-order valence-corrected chi connectivity index (χ1v) is 9.94. The van der Waals surface area contributed by atoms with Crippen molar-refractivity contribution in [1.82, 2.24) is 4.90 Å². The molecule has 24 heavy (non-hydrogen) atoms. The highest BCUT2D eigenvalue weighted by Gasteiger charge is 2.33. The fourth-order valence-corrected chi connectivity index (χ4v) is 4.81. The van der Waals surface area contributed by atoms with E-state index in [4.69, 9.17) is 4.74 Å². The fraction of sp³-hybridized carbons (Fsp3) is 0.684. The second-order valence-corrected chi connectivity index (χ2v) is 8.03. The second kappa shape index (κ2) is 8.26. The molecule has 3 rings (SSSR count). The van der Waals surface area contributed by atoms with Gasteiger partial charge >= 0.3 is 0 Å². The third-order valence-corrected chi connectivity index (χ3v) is 6.36. The number of likely N-dealkylation sites (tertiary alicyclic amines) is 1. The minimum absolute atomic E-state index is 0.0916. The zero-order valence-electron chi connectivity index (χ0n) is 14.4. The molecule has 0 spiro atoms. The van der Waals surface area contributed by atoms with E-state index in [2.05, 4.69) is 0 Å². The maximum atomic E-state index is 12.8. The van der Waals surface area contributed by atoms with E-state index < -0.39 is 0 Å². The molecular formula is C19H27NO3S. The largest absolute Gasteiger partial charge is 0.381 e. The van der Waals surface area contributed by atoms with Crippen LogP contribution in [0.3, 0.4) is 0 Å². The molecule has 0 bridgehead atoms. The molecule has 1 aliphatic carbocycles. The minimum Gasteiger partial charge on any atom is -0.381 e. The maximum Gasteiger partial charge on any atom is 0.223 e. The Morgan fingerprint density at radius 3 is 2.88 bits per heavy atom. The SMILES string of the molecule is CO[C@@H]1CCC[C@@H](CC(=O)N2CCC[C@H]2CC(=O)c2cccs2)C1. The Morgan fingerprint density at radius 2 is 2.12 bits per heavy atom. The number of carbonyl (C=O) groups is 2. The molecule has 4 nitrogen and oxygen atoms in total. The van der Waals surface area contributed by atoms with Crippen molar-refractivity contribution in [3.8, 4) is 0 Å². The second-order valence-electron chi connectivity index (χ2n) is 7.08. The highest BCUT2D eigenvalue weighted by atomic mass is 32.1. The van der Waals surface area contributed by atoms with Crippen LogP contribution in [0.4, 0.5) is 0 Å². The smallest absolute Gasteiger partial charge is 0.223 e. The monoisotopic (exact) mass is 349 g/mol. The summed E-state index contributed by atoms with van der Waals surface area (Å²) in [4.78, 5) is 27.9. The molecule has 1 saturated carbocycles. The van der Waals surface area contributed by atoms with Gasteiger partial charge in [-0.05, 0) is 49.5 Å². The van der Waals surface area contributed by atoms with Gasteiger partial charge in [0, 0.05) is 32.5 Å². The Balaban J connectivity index is 1.54. The summed E-state index contributed by atoms with van der Waals surface area (Å²) in [5.41, 5.74) is 0. The third-order valence-electron chi connectivity index (χ3n) is 5.45. The number of nitrogens with zero attached hydrogens (tertiary/aromatic N) is 1. The van der Waals surface area contributed by atoms with Crippen LogP contribution < -0.4 is 0 Å². The number of methoxy groups -OCH3 is 1. The lowest BCUT2D eigenvalue weighted by atomic mass is 9.84. The topological polar surface area (TPSA) is 46.6 Å². The lowest BCUT2D eigenvalue weighted by Gasteiger charge is -2.30. The number of hydrogen-bond donors (Lipinski definition) is 0. The van der Waals surface area contributed by atoms with Crippen molar-refractivity contribution in [3.05, 3.63) is 22.4 Å². The van der Waals surface area contributed by atoms with Crippen LogP contribution in [-0.4, -0.2) is 42.4 Å². The predicted molar refractivity (Wildman–Crippen MR) is 95.4 cm³/mol. The number of amides is 1. The number of Topliss-reactive ketones (excluding diaryl/α,β-unsaturated/α-hetero) is 1. The van der Waals surface area contributed by atoms with Crippen LogP contribution in [0.15, 0.2) is 17.5 Å². The summed E-state index contributed by atoms with van der Waals surface area (Å²) in [5.74, 6) is 0.843. The molecule has 2 heterocycles. The summed E-state index contributed by atoms with van der Waals surface area (Å²) in [5, 5.41) is 1.93. The third kappa shape index (κ3) is 4.25. The number of ketones is 1. The van der Waals surface area contributed by atoms with Crippen molar-refractivity contribution >= 4 is 23.0 Å². The maximum absolute atomic E-state index is 12.8. The Kier molecular flexibility index (Phi) is 6.06. The van der Waals surface area contributed by atoms with E-state index in [9.17, 15) is 9.59 Å². The van der Waals surface area contributed by atoms with E-state index in [0.717, 1.165) is 49.9 Å². The van der Waals surface area contributed by atoms with Gasteiger partial charge in [0.1, 0.15) is 0 Å². The van der Waals surface area contributed by atoms with E-state index in [1.54, 1.807) is 7.11 Å². The molecule has 0 N–H and O–H groups in total. The molecule has 0 radical (unpaired) electrons. The first-order valence-electron chi connectivity index (χ1n) is 9.06. The molecule has 1 aromatic rings. The summed E-state index contributed by atoms with van der Waals surface area (Å²) < 4.78 is 5.48. The van der Waals surface area contributed by atoms with Crippen molar-refractivity contribution < 1.29 is 14.3 Å². The Hall–Kier alpha value is -1.20. The van der Waals surface area contributed by atoms with Crippen LogP contribution in [0.25, 0.3) is 0 Å². The molecule has 132 valence electrons. The number of hydrogen-bond acceptors (Lipinski definition) is 4. The summed E-state index contributed by atoms with van der Waals surface area (Å²) in [6, 6.07) is 3.88. The van der Waals surface area contributed by atoms with Crippen molar-refractivity contribution in [2.45, 2.75) is 63.5 Å². The average Bonchev–Trinajstić information content (AvgIpc) is 3.26. The normalized spacial score (nSPS) is 27.4. The van der Waals surface area contributed by atoms with Gasteiger partial charge in [0.25, 0.3) is 0 Å². The minimum atomic E-state index is 0.0916. The lowest BCUT2D eigenvalue weighted by molar-refractivity contribution is -0.133. The van der Waals surface area contributed by atoms with E-state index >= 15 is 0 Å². The average molecular weight is 349 g/mol. The fourth-order valence-electron chi connectivity index (χ4n) is 4.13. The van der Waals surface area contributed by atoms with E-state index in [0.29, 0.717) is 24.9 Å². The zero-order valence-corrected chi connectivity index (χ0v) is 15.2. The van der Waals surface area contributed by atoms with Crippen molar-refractivity contribution in [2.24, 2.45) is 5.92 Å². The molecule has 1 aliphatic heterocycles. The highest BCUT2D eigenvalue weighted by Crippen LogP contribution is 2.31. The van der Waals surface area contributed by atoms with E-state index in [1.165, 1.54) is 11.3 Å². The molecule has 1 amide bonds. The van der Waals surface area contributed by atoms with Crippen molar-refractivity contribution in [1.29, 1.82) is 0 Å². The van der Waals surface area contributed by atoms with Gasteiger partial charge in [-0.25, -0.2) is 0 Å². The van der Waals surface area contributed by atoms with Crippen molar-refractivity contribution in [2.75, 3.05) is 13.7 Å². The van der Waals surface area contributed by atoms with E-state index in [1.807, 2.05) is 22.4 Å². The predicted octanol–water partition coefficient (Wildman–Crippen LogP) is 3.91. The highest BCUT2D eigenvalue weighted by molar-refractivity contribution is 7.12. The molecule has 0 unspecified atom stereocenters. The molecule has 1 aromatic heterocycles. The molecule has 2 fully saturated rings. The summed E-state index contributed by atoms with van der Waals surface area (Å²) in [6.07, 6.45) is 7.74. The first-order chi connectivity index (χ1) is 11.7. The Bertz CT molecular complexity index is 557. The summed E-state index contributed by atoms with van der Waals surface area (Å²) in [6.45, 7) is 0.807. The molecule has 3 atom stereocenters. The summed E-state index contributed by atoms with van der Waals surface area (Å²) >= 11 is 1.49. The molecule has 1 saturated heterocycles. The standard InChI is InChI=1S/C19H27NO3S/c1-23-16-7-2-5-14(11-16)12-19(22)20-9-3-6-15(20)13-17(21)18-8-4-10-24-18/h4,8,10,14-16H,2-3,5-7,9,11-13H2,1H3/t14-,15+,16-/m1/s1. The van der Waals surface area contributed by atoms with Gasteiger partial charge in [0.05, 0.1) is 11.0 Å². The van der Waals surface area contributed by atoms with Gasteiger partial charge in [-0.15, -0.1) is 11.3 Å². The van der Waals surface area contributed by atoms with Crippen LogP contribution >= 0.6 is 11.3 Å². The quantitative estimate of drug-likeness (QED) is 0.732. The van der Waals surface area contributed by atoms with Crippen molar-refractivity contribution in [3.63, 3.8) is 0 Å². The van der Waals surface area contributed by atoms with Crippen LogP contribution in [0.5, 0.6) is 0 Å². The molecule has 5 heteroatoms. The van der Waals surface area contributed by atoms with Crippen LogP contribution in [0.2, 0.25) is 0 Å². The van der Waals surface area contributed by atoms with Gasteiger partial charge in [0.15, 0.2) is 5.78 Å². The lowest BCUT2D eigenvalue weighted by Crippen LogP contribution is -2.38. The van der Waals surface area contributed by atoms with Crippen LogP contribution in [-0.2, 0) is 9.53 Å². The summed E-state index contributed by atoms with van der Waals surface area (Å²) in [7, 11) is 1.77. The Morgan fingerprint density at radius 1 is 1.25 bits per heavy atom. The molecule has 0 aromatic carbocycles. The number of thiophene rings is 1.